The lowest BCUT2D eigenvalue weighted by atomic mass is 9.91. The molecule has 48 heavy (non-hydrogen) atoms. The largest absolute Gasteiger partial charge is 0.496 e. The van der Waals surface area contributed by atoms with Crippen LogP contribution in [0.3, 0.4) is 0 Å². The van der Waals surface area contributed by atoms with Gasteiger partial charge in [-0.15, -0.1) is 12.4 Å². The number of carbonyl (C=O) groups is 2. The first-order chi connectivity index (χ1) is 22.8. The zero-order valence-electron chi connectivity index (χ0n) is 27.0. The summed E-state index contributed by atoms with van der Waals surface area (Å²) in [6, 6.07) is 22.7. The van der Waals surface area contributed by atoms with Gasteiger partial charge in [-0.05, 0) is 80.1 Å². The molecule has 4 aromatic rings. The van der Waals surface area contributed by atoms with Crippen LogP contribution in [0.5, 0.6) is 17.2 Å². The molecule has 2 aliphatic rings. The number of methoxy groups -OCH3 is 1. The maximum absolute atomic E-state index is 14.1. The Morgan fingerprint density at radius 2 is 1.62 bits per heavy atom. The number of carbonyl (C=O) groups excluding carboxylic acids is 2. The molecule has 0 radical (unpaired) electrons. The molecule has 1 saturated carbocycles. The first-order valence-corrected chi connectivity index (χ1v) is 16.8. The average molecular weight is 713 g/mol. The lowest BCUT2D eigenvalue weighted by molar-refractivity contribution is -0.138. The Morgan fingerprint density at radius 1 is 0.917 bits per heavy atom. The second-order valence-corrected chi connectivity index (χ2v) is 12.9. The molecule has 0 spiro atoms. The molecule has 8 nitrogen and oxygen atoms in total. The molecule has 4 aromatic carbocycles. The molecule has 0 bridgehead atoms. The van der Waals surface area contributed by atoms with Crippen molar-refractivity contribution >= 4 is 58.2 Å². The van der Waals surface area contributed by atoms with E-state index in [0.29, 0.717) is 46.6 Å². The Morgan fingerprint density at radius 3 is 2.33 bits per heavy atom. The molecular weight excluding hydrogens is 673 g/mol. The van der Waals surface area contributed by atoms with Crippen LogP contribution in [0.25, 0.3) is 10.8 Å². The van der Waals surface area contributed by atoms with Gasteiger partial charge in [0, 0.05) is 41.7 Å². The summed E-state index contributed by atoms with van der Waals surface area (Å²) < 4.78 is 17.4. The summed E-state index contributed by atoms with van der Waals surface area (Å²) in [5.41, 5.74) is 2.43. The summed E-state index contributed by atoms with van der Waals surface area (Å²) in [6.07, 6.45) is 2.62. The second-order valence-electron chi connectivity index (χ2n) is 12.1. The van der Waals surface area contributed by atoms with Crippen molar-refractivity contribution in [3.05, 3.63) is 99.5 Å². The molecule has 2 amide bonds. The zero-order valence-corrected chi connectivity index (χ0v) is 29.3. The first kappa shape index (κ1) is 35.6. The molecule has 2 unspecified atom stereocenters. The van der Waals surface area contributed by atoms with Crippen molar-refractivity contribution in [2.24, 2.45) is 5.92 Å². The molecule has 254 valence electrons. The Balaban J connectivity index is 0.00000451. The smallest absolute Gasteiger partial charge is 0.251 e. The van der Waals surface area contributed by atoms with Crippen LogP contribution in [0.2, 0.25) is 10.0 Å². The number of rotatable bonds is 12. The van der Waals surface area contributed by atoms with E-state index >= 15 is 0 Å². The van der Waals surface area contributed by atoms with Crippen molar-refractivity contribution < 1.29 is 23.8 Å². The topological polar surface area (TPSA) is 89.1 Å². The molecule has 1 heterocycles. The van der Waals surface area contributed by atoms with Crippen LogP contribution >= 0.6 is 35.6 Å². The molecule has 1 aliphatic carbocycles. The van der Waals surface area contributed by atoms with Gasteiger partial charge in [0.2, 0.25) is 5.91 Å². The molecule has 1 saturated heterocycles. The summed E-state index contributed by atoms with van der Waals surface area (Å²) in [5.74, 6) is 1.29. The second kappa shape index (κ2) is 16.1. The SMILES string of the molecule is COc1c(CN(C(=O)C2CNCCC2NC(=O)c2ccc(OCCOc3c(Cl)cc(C)cc3Cl)cc2)C2CC2)ccc2ccccc12.Cl. The van der Waals surface area contributed by atoms with E-state index in [0.717, 1.165) is 47.0 Å². The Labute approximate surface area is 297 Å². The Bertz CT molecular complexity index is 1730. The van der Waals surface area contributed by atoms with Crippen molar-refractivity contribution in [3.63, 3.8) is 0 Å². The Hall–Kier alpha value is -3.69. The van der Waals surface area contributed by atoms with Crippen molar-refractivity contribution in [2.75, 3.05) is 33.4 Å². The van der Waals surface area contributed by atoms with Gasteiger partial charge in [-0.3, -0.25) is 9.59 Å². The van der Waals surface area contributed by atoms with Crippen LogP contribution in [0, 0.1) is 12.8 Å². The van der Waals surface area contributed by atoms with E-state index in [1.54, 1.807) is 43.5 Å². The molecule has 2 N–H and O–H groups in total. The predicted octanol–water partition coefficient (Wildman–Crippen LogP) is 7.24. The highest BCUT2D eigenvalue weighted by Gasteiger charge is 2.40. The number of hydrogen-bond acceptors (Lipinski definition) is 6. The number of piperidine rings is 1. The third kappa shape index (κ3) is 8.29. The lowest BCUT2D eigenvalue weighted by Crippen LogP contribution is -2.55. The highest BCUT2D eigenvalue weighted by Crippen LogP contribution is 2.36. The first-order valence-electron chi connectivity index (χ1n) is 16.0. The summed E-state index contributed by atoms with van der Waals surface area (Å²) in [4.78, 5) is 29.5. The number of benzene rings is 4. The van der Waals surface area contributed by atoms with Crippen LogP contribution in [-0.2, 0) is 11.3 Å². The van der Waals surface area contributed by atoms with E-state index in [2.05, 4.69) is 28.8 Å². The van der Waals surface area contributed by atoms with Gasteiger partial charge in [-0.1, -0.05) is 59.6 Å². The minimum absolute atomic E-state index is 0. The molecule has 2 atom stereocenters. The number of halogens is 3. The number of nitrogens with one attached hydrogen (secondary N) is 2. The van der Waals surface area contributed by atoms with Crippen molar-refractivity contribution in [2.45, 2.75) is 44.8 Å². The van der Waals surface area contributed by atoms with Crippen LogP contribution in [0.15, 0.2) is 72.8 Å². The average Bonchev–Trinajstić information content (AvgIpc) is 3.92. The number of aryl methyl sites for hydroxylation is 1. The maximum atomic E-state index is 14.1. The summed E-state index contributed by atoms with van der Waals surface area (Å²) in [6.45, 7) is 4.13. The van der Waals surface area contributed by atoms with E-state index in [4.69, 9.17) is 37.4 Å². The van der Waals surface area contributed by atoms with Crippen molar-refractivity contribution in [1.82, 2.24) is 15.5 Å². The van der Waals surface area contributed by atoms with Crippen molar-refractivity contribution in [1.29, 1.82) is 0 Å². The van der Waals surface area contributed by atoms with Crippen LogP contribution in [0.1, 0.15) is 40.7 Å². The fourth-order valence-electron chi connectivity index (χ4n) is 6.20. The minimum Gasteiger partial charge on any atom is -0.496 e. The van der Waals surface area contributed by atoms with E-state index in [1.807, 2.05) is 30.0 Å². The predicted molar refractivity (Wildman–Crippen MR) is 192 cm³/mol. The standard InChI is InChI=1S/C37H39Cl2N3O5.ClH/c1-23-19-31(38)35(32(39)20-23)47-18-17-46-28-13-9-25(10-14-28)36(43)41-33-15-16-40-21-30(33)37(44)42(27-11-12-27)22-26-8-7-24-5-3-4-6-29(24)34(26)45-2;/h3-10,13-14,19-20,27,30,33,40H,11-12,15-18,21-22H2,1-2H3,(H,41,43);1H. The Kier molecular flexibility index (Phi) is 12.0. The van der Waals surface area contributed by atoms with Crippen molar-refractivity contribution in [3.8, 4) is 17.2 Å². The molecule has 6 rings (SSSR count). The van der Waals surface area contributed by atoms with Gasteiger partial charge in [-0.2, -0.15) is 0 Å². The molecular formula is C37H40Cl3N3O5. The molecule has 2 fully saturated rings. The van der Waals surface area contributed by atoms with E-state index in [1.165, 1.54) is 0 Å². The highest BCUT2D eigenvalue weighted by atomic mass is 35.5. The van der Waals surface area contributed by atoms with Gasteiger partial charge < -0.3 is 29.7 Å². The van der Waals surface area contributed by atoms with E-state index in [-0.39, 0.29) is 55.4 Å². The fraction of sp³-hybridized carbons (Fsp3) is 0.351. The number of fused-ring (bicyclic) bond motifs is 1. The molecule has 11 heteroatoms. The molecule has 0 aromatic heterocycles. The summed E-state index contributed by atoms with van der Waals surface area (Å²) in [5, 5.41) is 9.56. The van der Waals surface area contributed by atoms with Gasteiger partial charge in [0.25, 0.3) is 5.91 Å². The normalized spacial score (nSPS) is 17.2. The third-order valence-corrected chi connectivity index (χ3v) is 9.31. The fourth-order valence-corrected chi connectivity index (χ4v) is 6.90. The van der Waals surface area contributed by atoms with Gasteiger partial charge in [0.15, 0.2) is 5.75 Å². The lowest BCUT2D eigenvalue weighted by Gasteiger charge is -2.36. The maximum Gasteiger partial charge on any atom is 0.251 e. The number of nitrogens with zero attached hydrogens (tertiary/aromatic N) is 1. The van der Waals surface area contributed by atoms with Crippen LogP contribution in [0.4, 0.5) is 0 Å². The third-order valence-electron chi connectivity index (χ3n) is 8.75. The highest BCUT2D eigenvalue weighted by molar-refractivity contribution is 6.37. The monoisotopic (exact) mass is 711 g/mol. The summed E-state index contributed by atoms with van der Waals surface area (Å²) in [7, 11) is 1.68. The van der Waals surface area contributed by atoms with E-state index < -0.39 is 0 Å². The van der Waals surface area contributed by atoms with Crippen LogP contribution < -0.4 is 24.8 Å². The number of hydrogen-bond donors (Lipinski definition) is 2. The molecule has 1 aliphatic heterocycles. The van der Waals surface area contributed by atoms with Gasteiger partial charge >= 0.3 is 0 Å². The van der Waals surface area contributed by atoms with Gasteiger partial charge in [-0.25, -0.2) is 0 Å². The van der Waals surface area contributed by atoms with Gasteiger partial charge in [0.05, 0.1) is 23.1 Å². The number of ether oxygens (including phenoxy) is 3. The number of amides is 2. The van der Waals surface area contributed by atoms with Crippen LogP contribution in [-0.4, -0.2) is 62.2 Å². The van der Waals surface area contributed by atoms with Gasteiger partial charge in [0.1, 0.15) is 24.7 Å². The quantitative estimate of drug-likeness (QED) is 0.151. The zero-order chi connectivity index (χ0) is 32.9. The van der Waals surface area contributed by atoms with E-state index in [9.17, 15) is 9.59 Å². The summed E-state index contributed by atoms with van der Waals surface area (Å²) >= 11 is 12.5. The minimum atomic E-state index is -0.377.